The smallest absolute Gasteiger partial charge is 0.407 e. The first-order valence-electron chi connectivity index (χ1n) is 12.2. The fourth-order valence-electron chi connectivity index (χ4n) is 5.06. The molecule has 186 valence electrons. The van der Waals surface area contributed by atoms with Crippen LogP contribution in [0.3, 0.4) is 0 Å². The van der Waals surface area contributed by atoms with E-state index in [9.17, 15) is 19.5 Å². The van der Waals surface area contributed by atoms with Crippen molar-refractivity contribution in [3.05, 3.63) is 59.7 Å². The van der Waals surface area contributed by atoms with Gasteiger partial charge in [-0.05, 0) is 53.0 Å². The number of fused-ring (bicyclic) bond motifs is 3. The molecule has 7 nitrogen and oxygen atoms in total. The van der Waals surface area contributed by atoms with Crippen molar-refractivity contribution in [1.29, 1.82) is 0 Å². The Kier molecular flexibility index (Phi) is 8.00. The van der Waals surface area contributed by atoms with Gasteiger partial charge in [0, 0.05) is 12.3 Å². The van der Waals surface area contributed by atoms with Gasteiger partial charge in [-0.2, -0.15) is 11.8 Å². The molecule has 3 N–H and O–H groups in total. The minimum atomic E-state index is -1.04. The quantitative estimate of drug-likeness (QED) is 0.470. The monoisotopic (exact) mass is 496 g/mol. The molecule has 0 unspecified atom stereocenters. The van der Waals surface area contributed by atoms with Crippen molar-refractivity contribution in [3.63, 3.8) is 0 Å². The van der Waals surface area contributed by atoms with Gasteiger partial charge in [-0.25, -0.2) is 9.59 Å². The topological polar surface area (TPSA) is 105 Å². The molecule has 4 rings (SSSR count). The molecule has 8 heteroatoms. The molecule has 1 saturated heterocycles. The minimum absolute atomic E-state index is 0.0330. The van der Waals surface area contributed by atoms with Crippen LogP contribution in [0.2, 0.25) is 0 Å². The van der Waals surface area contributed by atoms with E-state index in [4.69, 9.17) is 4.74 Å². The van der Waals surface area contributed by atoms with Crippen LogP contribution in [-0.4, -0.2) is 52.8 Å². The third-order valence-corrected chi connectivity index (χ3v) is 7.86. The van der Waals surface area contributed by atoms with Gasteiger partial charge in [0.2, 0.25) is 5.91 Å². The summed E-state index contributed by atoms with van der Waals surface area (Å²) >= 11 is 1.78. The highest BCUT2D eigenvalue weighted by molar-refractivity contribution is 7.99. The molecule has 0 aromatic heterocycles. The third kappa shape index (κ3) is 5.81. The Morgan fingerprint density at radius 1 is 1.06 bits per heavy atom. The second-order valence-electron chi connectivity index (χ2n) is 9.27. The second kappa shape index (κ2) is 11.2. The summed E-state index contributed by atoms with van der Waals surface area (Å²) in [5.74, 6) is 0.178. The zero-order chi connectivity index (χ0) is 24.8. The Labute approximate surface area is 210 Å². The largest absolute Gasteiger partial charge is 0.480 e. The molecule has 0 bridgehead atoms. The maximum absolute atomic E-state index is 12.9. The Morgan fingerprint density at radius 2 is 1.66 bits per heavy atom. The maximum Gasteiger partial charge on any atom is 0.407 e. The summed E-state index contributed by atoms with van der Waals surface area (Å²) in [4.78, 5) is 37.2. The van der Waals surface area contributed by atoms with Gasteiger partial charge in [-0.1, -0.05) is 61.9 Å². The van der Waals surface area contributed by atoms with E-state index < -0.39 is 23.6 Å². The molecular formula is C27H32N2O5S. The number of carboxylic acids is 1. The number of thioether (sulfide) groups is 1. The molecule has 1 heterocycles. The summed E-state index contributed by atoms with van der Waals surface area (Å²) < 4.78 is 5.72. The lowest BCUT2D eigenvalue weighted by molar-refractivity contribution is -0.142. The van der Waals surface area contributed by atoms with Crippen LogP contribution in [0.1, 0.15) is 56.1 Å². The highest BCUT2D eigenvalue weighted by Crippen LogP contribution is 2.44. The van der Waals surface area contributed by atoms with E-state index in [1.165, 1.54) is 0 Å². The van der Waals surface area contributed by atoms with Gasteiger partial charge in [0.15, 0.2) is 0 Å². The van der Waals surface area contributed by atoms with Gasteiger partial charge in [0.1, 0.15) is 12.6 Å². The molecule has 1 aliphatic heterocycles. The van der Waals surface area contributed by atoms with Crippen molar-refractivity contribution >= 4 is 29.7 Å². The molecule has 35 heavy (non-hydrogen) atoms. The lowest BCUT2D eigenvalue weighted by atomic mass is 9.88. The first-order chi connectivity index (χ1) is 16.9. The van der Waals surface area contributed by atoms with E-state index in [1.807, 2.05) is 31.2 Å². The van der Waals surface area contributed by atoms with Crippen molar-refractivity contribution in [3.8, 4) is 11.1 Å². The summed E-state index contributed by atoms with van der Waals surface area (Å²) in [5.41, 5.74) is 3.86. The first kappa shape index (κ1) is 25.1. The lowest BCUT2D eigenvalue weighted by Crippen LogP contribution is -2.54. The number of hydrogen-bond donors (Lipinski definition) is 3. The van der Waals surface area contributed by atoms with Crippen molar-refractivity contribution in [2.24, 2.45) is 0 Å². The van der Waals surface area contributed by atoms with E-state index in [2.05, 4.69) is 34.9 Å². The number of nitrogens with one attached hydrogen (secondary N) is 2. The van der Waals surface area contributed by atoms with Gasteiger partial charge in [-0.3, -0.25) is 4.79 Å². The molecule has 2 amide bonds. The van der Waals surface area contributed by atoms with Gasteiger partial charge < -0.3 is 20.5 Å². The van der Waals surface area contributed by atoms with Crippen LogP contribution in [0.5, 0.6) is 0 Å². The summed E-state index contributed by atoms with van der Waals surface area (Å²) in [6.45, 7) is 2.08. The Morgan fingerprint density at radius 3 is 2.23 bits per heavy atom. The van der Waals surface area contributed by atoms with Gasteiger partial charge in [-0.15, -0.1) is 0 Å². The van der Waals surface area contributed by atoms with Crippen LogP contribution in [0.25, 0.3) is 11.1 Å². The third-order valence-electron chi connectivity index (χ3n) is 6.87. The predicted octanol–water partition coefficient (Wildman–Crippen LogP) is 4.55. The van der Waals surface area contributed by atoms with Crippen LogP contribution in [0, 0.1) is 0 Å². The SMILES string of the molecule is CCC[C@H](NC(=O)CC1(NC(=O)OCC2c3ccccc3-c3ccccc32)CCSCC1)C(=O)O. The standard InChI is InChI=1S/C27H32N2O5S/c1-2-7-23(25(31)32)28-24(30)16-27(12-14-35-15-13-27)29-26(33)34-17-22-20-10-5-3-8-18(20)19-9-4-6-11-21(19)22/h3-6,8-11,22-23H,2,7,12-17H2,1H3,(H,28,30)(H,29,33)(H,31,32)/t23-/m0/s1. The van der Waals surface area contributed by atoms with Crippen LogP contribution in [0.15, 0.2) is 48.5 Å². The lowest BCUT2D eigenvalue weighted by Gasteiger charge is -2.37. The number of benzene rings is 2. The molecule has 1 aliphatic carbocycles. The Bertz CT molecular complexity index is 1040. The Hall–Kier alpha value is -3.00. The molecule has 2 aliphatic rings. The van der Waals surface area contributed by atoms with Crippen LogP contribution < -0.4 is 10.6 Å². The number of alkyl carbamates (subject to hydrolysis) is 1. The fourth-order valence-corrected chi connectivity index (χ4v) is 6.33. The molecule has 1 atom stereocenters. The van der Waals surface area contributed by atoms with E-state index in [1.54, 1.807) is 11.8 Å². The summed E-state index contributed by atoms with van der Waals surface area (Å²) in [6.07, 6.45) is 1.75. The number of ether oxygens (including phenoxy) is 1. The predicted molar refractivity (Wildman–Crippen MR) is 137 cm³/mol. The average molecular weight is 497 g/mol. The fraction of sp³-hybridized carbons (Fsp3) is 0.444. The minimum Gasteiger partial charge on any atom is -0.480 e. The van der Waals surface area contributed by atoms with Crippen molar-refractivity contribution in [1.82, 2.24) is 10.6 Å². The number of carbonyl (C=O) groups is 3. The van der Waals surface area contributed by atoms with E-state index in [0.29, 0.717) is 25.7 Å². The highest BCUT2D eigenvalue weighted by Gasteiger charge is 2.38. The molecule has 1 fully saturated rings. The Balaban J connectivity index is 1.41. The van der Waals surface area contributed by atoms with Crippen LogP contribution in [-0.2, 0) is 14.3 Å². The molecule has 0 spiro atoms. The number of carboxylic acid groups (broad SMARTS) is 1. The van der Waals surface area contributed by atoms with Crippen molar-refractivity contribution in [2.45, 2.75) is 56.5 Å². The van der Waals surface area contributed by atoms with Crippen LogP contribution in [0.4, 0.5) is 4.79 Å². The van der Waals surface area contributed by atoms with Gasteiger partial charge in [0.05, 0.1) is 5.54 Å². The van der Waals surface area contributed by atoms with Crippen molar-refractivity contribution < 1.29 is 24.2 Å². The normalized spacial score (nSPS) is 17.1. The number of hydrogen-bond acceptors (Lipinski definition) is 5. The first-order valence-corrected chi connectivity index (χ1v) is 13.3. The zero-order valence-corrected chi connectivity index (χ0v) is 20.7. The van der Waals surface area contributed by atoms with Crippen LogP contribution >= 0.6 is 11.8 Å². The number of amides is 2. The zero-order valence-electron chi connectivity index (χ0n) is 19.9. The van der Waals surface area contributed by atoms with Gasteiger partial charge in [0.25, 0.3) is 0 Å². The number of carbonyl (C=O) groups excluding carboxylic acids is 2. The molecule has 2 aromatic carbocycles. The molecule has 2 aromatic rings. The van der Waals surface area contributed by atoms with Gasteiger partial charge >= 0.3 is 12.1 Å². The summed E-state index contributed by atoms with van der Waals surface area (Å²) in [6, 6.07) is 15.4. The van der Waals surface area contributed by atoms with E-state index in [-0.39, 0.29) is 24.9 Å². The molecule has 0 saturated carbocycles. The number of aliphatic carboxylic acids is 1. The average Bonchev–Trinajstić information content (AvgIpc) is 3.16. The molecular weight excluding hydrogens is 464 g/mol. The number of rotatable bonds is 9. The summed E-state index contributed by atoms with van der Waals surface area (Å²) in [5, 5.41) is 15.0. The highest BCUT2D eigenvalue weighted by atomic mass is 32.2. The van der Waals surface area contributed by atoms with Crippen molar-refractivity contribution in [2.75, 3.05) is 18.1 Å². The second-order valence-corrected chi connectivity index (χ2v) is 10.5. The molecule has 0 radical (unpaired) electrons. The summed E-state index contributed by atoms with van der Waals surface area (Å²) in [7, 11) is 0. The van der Waals surface area contributed by atoms with E-state index in [0.717, 1.165) is 33.8 Å². The van der Waals surface area contributed by atoms with E-state index >= 15 is 0 Å². The maximum atomic E-state index is 12.9.